The van der Waals surface area contributed by atoms with E-state index in [2.05, 4.69) is 146 Å². The Balaban J connectivity index is 1.67. The first-order valence-corrected chi connectivity index (χ1v) is 15.6. The van der Waals surface area contributed by atoms with Crippen LogP contribution in [-0.4, -0.2) is 19.9 Å². The molecule has 0 radical (unpaired) electrons. The quantitative estimate of drug-likeness (QED) is 0.201. The molecule has 0 saturated carbocycles. The number of aromatic nitrogens is 4. The van der Waals surface area contributed by atoms with E-state index in [0.29, 0.717) is 0 Å². The highest BCUT2D eigenvalue weighted by Crippen LogP contribution is 2.39. The van der Waals surface area contributed by atoms with Crippen LogP contribution in [0.25, 0.3) is 56.5 Å². The lowest BCUT2D eigenvalue weighted by Gasteiger charge is -2.15. The van der Waals surface area contributed by atoms with Gasteiger partial charge in [-0.1, -0.05) is 61.4 Å². The monoisotopic (exact) mass is 626 g/mol. The highest BCUT2D eigenvalue weighted by Gasteiger charge is 2.30. The average molecular weight is 628 g/mol. The number of hydrogen-bond acceptors (Lipinski definition) is 2. The van der Waals surface area contributed by atoms with E-state index in [9.17, 15) is 0 Å². The van der Waals surface area contributed by atoms with Crippen molar-refractivity contribution in [3.8, 4) is 22.3 Å². The fourth-order valence-corrected chi connectivity index (χ4v) is 7.05. The summed E-state index contributed by atoms with van der Waals surface area (Å²) in [5.41, 5.74) is 17.5. The van der Waals surface area contributed by atoms with E-state index in [4.69, 9.17) is 9.97 Å². The van der Waals surface area contributed by atoms with Crippen LogP contribution in [0.1, 0.15) is 58.9 Å². The van der Waals surface area contributed by atoms with Crippen LogP contribution in [0.2, 0.25) is 0 Å². The van der Waals surface area contributed by atoms with Crippen molar-refractivity contribution < 1.29 is 0 Å². The molecular weight excluding hydrogens is 592 g/mol. The summed E-state index contributed by atoms with van der Waals surface area (Å²) < 4.78 is 0.998. The predicted molar refractivity (Wildman–Crippen MR) is 184 cm³/mol. The zero-order valence-corrected chi connectivity index (χ0v) is 27.1. The van der Waals surface area contributed by atoms with Crippen LogP contribution >= 0.6 is 15.9 Å². The van der Waals surface area contributed by atoms with E-state index < -0.39 is 0 Å². The Labute approximate surface area is 261 Å². The summed E-state index contributed by atoms with van der Waals surface area (Å²) in [6, 6.07) is 24.1. The van der Waals surface area contributed by atoms with Crippen molar-refractivity contribution in [2.24, 2.45) is 0 Å². The maximum absolute atomic E-state index is 5.36. The minimum Gasteiger partial charge on any atom is -0.355 e. The lowest BCUT2D eigenvalue weighted by Crippen LogP contribution is -2.15. The van der Waals surface area contributed by atoms with Crippen LogP contribution in [0.4, 0.5) is 0 Å². The summed E-state index contributed by atoms with van der Waals surface area (Å²) in [7, 11) is 0. The Hall–Kier alpha value is -4.22. The van der Waals surface area contributed by atoms with Gasteiger partial charge in [0.15, 0.2) is 0 Å². The Morgan fingerprint density at radius 1 is 0.651 bits per heavy atom. The van der Waals surface area contributed by atoms with Crippen molar-refractivity contribution in [2.75, 3.05) is 0 Å². The SMILES string of the molecule is Cc1ccc(-c2c3nc(c(-c4c(C)cc(C)cc4C)c4ccc([nH]4)c(Br)c4nc(cc5ccc2[nH]5)C(C)(C)C4)C=C3)cc1. The summed E-state index contributed by atoms with van der Waals surface area (Å²) >= 11 is 3.93. The van der Waals surface area contributed by atoms with Gasteiger partial charge in [-0.3, -0.25) is 4.98 Å². The van der Waals surface area contributed by atoms with Crippen molar-refractivity contribution in [2.45, 2.75) is 53.4 Å². The second-order valence-electron chi connectivity index (χ2n) is 12.7. The van der Waals surface area contributed by atoms with Crippen molar-refractivity contribution in [1.82, 2.24) is 19.9 Å². The van der Waals surface area contributed by atoms with Gasteiger partial charge in [-0.25, -0.2) is 4.98 Å². The Kier molecular flexibility index (Phi) is 6.55. The molecule has 0 spiro atoms. The van der Waals surface area contributed by atoms with Gasteiger partial charge in [0, 0.05) is 45.2 Å². The third kappa shape index (κ3) is 4.86. The number of fused-ring (bicyclic) bond motifs is 8. The minimum absolute atomic E-state index is 0.0956. The maximum Gasteiger partial charge on any atom is 0.0737 e. The number of nitrogens with one attached hydrogen (secondary N) is 2. The number of nitrogens with zero attached hydrogens (tertiary/aromatic N) is 2. The summed E-state index contributed by atoms with van der Waals surface area (Å²) in [6.45, 7) is 13.2. The second-order valence-corrected chi connectivity index (χ2v) is 13.5. The summed E-state index contributed by atoms with van der Waals surface area (Å²) in [6.07, 6.45) is 5.17. The first kappa shape index (κ1) is 27.6. The standard InChI is InChI=1S/C38H35BrN4/c1-21-7-9-25(10-8-21)35-27-12-11-26(40-27)19-33-38(5,6)20-32(43-33)37(39)31-16-15-30(42-31)36(29-14-13-28(35)41-29)34-23(3)17-22(2)18-24(34)4/h7-19,40,42H,20H2,1-6H3. The summed E-state index contributed by atoms with van der Waals surface area (Å²) in [4.78, 5) is 18.0. The molecule has 2 aromatic carbocycles. The topological polar surface area (TPSA) is 57.4 Å². The molecule has 5 heterocycles. The molecule has 8 bridgehead atoms. The average Bonchev–Trinajstić information content (AvgIpc) is 3.75. The summed E-state index contributed by atoms with van der Waals surface area (Å²) in [5, 5.41) is 0. The number of benzene rings is 2. The van der Waals surface area contributed by atoms with Gasteiger partial charge in [0.05, 0.1) is 27.1 Å². The van der Waals surface area contributed by atoms with Crippen molar-refractivity contribution in [3.63, 3.8) is 0 Å². The first-order valence-electron chi connectivity index (χ1n) is 14.8. The number of halogens is 1. The van der Waals surface area contributed by atoms with Gasteiger partial charge in [-0.15, -0.1) is 0 Å². The smallest absolute Gasteiger partial charge is 0.0737 e. The molecule has 0 fully saturated rings. The third-order valence-corrected chi connectivity index (χ3v) is 9.58. The Morgan fingerprint density at radius 2 is 1.28 bits per heavy atom. The van der Waals surface area contributed by atoms with E-state index >= 15 is 0 Å². The number of H-pyrrole nitrogens is 2. The fraction of sp³-hybridized carbons (Fsp3) is 0.211. The van der Waals surface area contributed by atoms with Gasteiger partial charge < -0.3 is 9.97 Å². The predicted octanol–water partition coefficient (Wildman–Crippen LogP) is 10.3. The first-order chi connectivity index (χ1) is 20.6. The largest absolute Gasteiger partial charge is 0.355 e. The molecule has 5 aromatic rings. The molecule has 0 atom stereocenters. The van der Waals surface area contributed by atoms with E-state index in [-0.39, 0.29) is 5.41 Å². The second kappa shape index (κ2) is 10.2. The molecule has 2 aliphatic rings. The van der Waals surface area contributed by atoms with Crippen LogP contribution in [0, 0.1) is 27.7 Å². The number of rotatable bonds is 2. The molecule has 2 N–H and O–H groups in total. The molecule has 0 saturated heterocycles. The maximum atomic E-state index is 5.36. The molecule has 4 nitrogen and oxygen atoms in total. The molecular formula is C38H35BrN4. The Morgan fingerprint density at radius 3 is 2.00 bits per heavy atom. The van der Waals surface area contributed by atoms with Crippen LogP contribution in [0.5, 0.6) is 0 Å². The molecule has 2 aliphatic heterocycles. The molecule has 0 unspecified atom stereocenters. The van der Waals surface area contributed by atoms with Gasteiger partial charge in [-0.2, -0.15) is 0 Å². The fourth-order valence-electron chi connectivity index (χ4n) is 6.59. The Bertz CT molecular complexity index is 2100. The molecule has 214 valence electrons. The van der Waals surface area contributed by atoms with E-state index in [1.165, 1.54) is 27.8 Å². The lowest BCUT2D eigenvalue weighted by molar-refractivity contribution is 0.543. The van der Waals surface area contributed by atoms with Crippen molar-refractivity contribution in [3.05, 3.63) is 116 Å². The molecule has 0 aliphatic carbocycles. The molecule has 7 rings (SSSR count). The number of aromatic amines is 2. The highest BCUT2D eigenvalue weighted by molar-refractivity contribution is 9.10. The number of hydrogen-bond donors (Lipinski definition) is 2. The third-order valence-electron chi connectivity index (χ3n) is 8.69. The molecule has 43 heavy (non-hydrogen) atoms. The van der Waals surface area contributed by atoms with Crippen molar-refractivity contribution >= 4 is 50.1 Å². The van der Waals surface area contributed by atoms with E-state index in [1.807, 2.05) is 0 Å². The highest BCUT2D eigenvalue weighted by atomic mass is 79.9. The van der Waals surface area contributed by atoms with E-state index in [1.54, 1.807) is 0 Å². The minimum atomic E-state index is -0.0956. The lowest BCUT2D eigenvalue weighted by atomic mass is 9.87. The van der Waals surface area contributed by atoms with Gasteiger partial charge in [0.2, 0.25) is 0 Å². The molecule has 3 aromatic heterocycles. The van der Waals surface area contributed by atoms with Crippen LogP contribution in [-0.2, 0) is 11.8 Å². The van der Waals surface area contributed by atoms with Crippen LogP contribution < -0.4 is 0 Å². The van der Waals surface area contributed by atoms with Gasteiger partial charge in [-0.05, 0) is 108 Å². The van der Waals surface area contributed by atoms with Gasteiger partial charge >= 0.3 is 0 Å². The van der Waals surface area contributed by atoms with Crippen LogP contribution in [0.15, 0.2) is 71.2 Å². The normalized spacial score (nSPS) is 13.9. The number of aryl methyl sites for hydroxylation is 4. The van der Waals surface area contributed by atoms with Gasteiger partial charge in [0.1, 0.15) is 0 Å². The van der Waals surface area contributed by atoms with E-state index in [0.717, 1.165) is 72.4 Å². The zero-order valence-electron chi connectivity index (χ0n) is 25.5. The van der Waals surface area contributed by atoms with Crippen LogP contribution in [0.3, 0.4) is 0 Å². The molecule has 5 heteroatoms. The summed E-state index contributed by atoms with van der Waals surface area (Å²) in [5.74, 6) is 0. The molecule has 0 amide bonds. The zero-order chi connectivity index (χ0) is 30.0. The van der Waals surface area contributed by atoms with Gasteiger partial charge in [0.25, 0.3) is 0 Å². The van der Waals surface area contributed by atoms with Crippen molar-refractivity contribution in [1.29, 1.82) is 0 Å².